The zero-order chi connectivity index (χ0) is 11.5. The van der Waals surface area contributed by atoms with E-state index in [1.165, 1.54) is 0 Å². The van der Waals surface area contributed by atoms with Gasteiger partial charge in [0, 0.05) is 23.1 Å². The van der Waals surface area contributed by atoms with Crippen LogP contribution in [0.3, 0.4) is 0 Å². The number of aromatic amines is 1. The third kappa shape index (κ3) is 2.03. The molecule has 4 nitrogen and oxygen atoms in total. The first-order valence-electron chi connectivity index (χ1n) is 5.32. The van der Waals surface area contributed by atoms with Crippen LogP contribution in [-0.4, -0.2) is 34.5 Å². The van der Waals surface area contributed by atoms with Crippen molar-refractivity contribution in [2.45, 2.75) is 13.0 Å². The van der Waals surface area contributed by atoms with E-state index in [4.69, 9.17) is 5.11 Å². The van der Waals surface area contributed by atoms with Crippen molar-refractivity contribution < 1.29 is 10.2 Å². The molecule has 2 rings (SSSR count). The summed E-state index contributed by atoms with van der Waals surface area (Å²) < 4.78 is 0. The minimum absolute atomic E-state index is 0.228. The van der Waals surface area contributed by atoms with Gasteiger partial charge in [-0.25, -0.2) is 0 Å². The second-order valence-electron chi connectivity index (χ2n) is 3.89. The van der Waals surface area contributed by atoms with Crippen molar-refractivity contribution in [1.29, 1.82) is 0 Å². The number of H-pyrrole nitrogens is 1. The molecule has 86 valence electrons. The number of rotatable bonds is 4. The lowest BCUT2D eigenvalue weighted by Crippen LogP contribution is -2.23. The maximum atomic E-state index is 9.30. The predicted octanol–water partition coefficient (Wildman–Crippen LogP) is 1.24. The van der Waals surface area contributed by atoms with Crippen LogP contribution in [0.25, 0.3) is 10.9 Å². The van der Waals surface area contributed by atoms with E-state index < -0.39 is 6.10 Å². The Hall–Kier alpha value is -1.52. The van der Waals surface area contributed by atoms with Gasteiger partial charge in [0.25, 0.3) is 0 Å². The van der Waals surface area contributed by atoms with Crippen LogP contribution in [0.5, 0.6) is 0 Å². The number of anilines is 1. The Morgan fingerprint density at radius 2 is 2.12 bits per heavy atom. The quantitative estimate of drug-likeness (QED) is 0.626. The van der Waals surface area contributed by atoms with Crippen molar-refractivity contribution >= 4 is 16.6 Å². The van der Waals surface area contributed by atoms with E-state index in [1.54, 1.807) is 0 Å². The minimum Gasteiger partial charge on any atom is -0.394 e. The molecule has 1 heterocycles. The molecule has 0 aliphatic carbocycles. The number of aliphatic hydroxyl groups is 2. The lowest BCUT2D eigenvalue weighted by molar-refractivity contribution is 0.105. The molecule has 1 unspecified atom stereocenters. The normalized spacial score (nSPS) is 12.9. The molecular weight excluding hydrogens is 204 g/mol. The molecule has 1 aromatic carbocycles. The fourth-order valence-corrected chi connectivity index (χ4v) is 1.79. The molecule has 1 atom stereocenters. The van der Waals surface area contributed by atoms with Crippen LogP contribution in [0, 0.1) is 6.92 Å². The highest BCUT2D eigenvalue weighted by molar-refractivity contribution is 5.94. The Morgan fingerprint density at radius 1 is 1.38 bits per heavy atom. The molecule has 16 heavy (non-hydrogen) atoms. The average molecular weight is 220 g/mol. The van der Waals surface area contributed by atoms with Gasteiger partial charge in [0.2, 0.25) is 0 Å². The number of nitrogens with one attached hydrogen (secondary N) is 2. The van der Waals surface area contributed by atoms with E-state index in [0.717, 1.165) is 22.3 Å². The summed E-state index contributed by atoms with van der Waals surface area (Å²) in [6, 6.07) is 7.98. The van der Waals surface area contributed by atoms with E-state index in [9.17, 15) is 5.11 Å². The largest absolute Gasteiger partial charge is 0.394 e. The summed E-state index contributed by atoms with van der Waals surface area (Å²) in [6.45, 7) is 2.10. The van der Waals surface area contributed by atoms with Crippen LogP contribution >= 0.6 is 0 Å². The molecule has 0 bridgehead atoms. The molecule has 0 spiro atoms. The Kier molecular flexibility index (Phi) is 3.12. The number of para-hydroxylation sites is 1. The highest BCUT2D eigenvalue weighted by Gasteiger charge is 2.08. The van der Waals surface area contributed by atoms with Crippen LogP contribution in [0.4, 0.5) is 5.69 Å². The van der Waals surface area contributed by atoms with E-state index in [-0.39, 0.29) is 6.61 Å². The summed E-state index contributed by atoms with van der Waals surface area (Å²) in [4.78, 5) is 3.26. The molecule has 0 saturated carbocycles. The van der Waals surface area contributed by atoms with Crippen molar-refractivity contribution in [3.8, 4) is 0 Å². The third-order valence-corrected chi connectivity index (χ3v) is 2.62. The highest BCUT2D eigenvalue weighted by atomic mass is 16.3. The second-order valence-corrected chi connectivity index (χ2v) is 3.89. The topological polar surface area (TPSA) is 68.3 Å². The van der Waals surface area contributed by atoms with Gasteiger partial charge in [0.05, 0.1) is 18.4 Å². The van der Waals surface area contributed by atoms with E-state index >= 15 is 0 Å². The molecule has 1 aromatic heterocycles. The van der Waals surface area contributed by atoms with Gasteiger partial charge in [-0.3, -0.25) is 0 Å². The Labute approximate surface area is 93.9 Å². The van der Waals surface area contributed by atoms with Crippen LogP contribution in [0.2, 0.25) is 0 Å². The molecule has 0 radical (unpaired) electrons. The molecule has 0 aliphatic heterocycles. The maximum absolute atomic E-state index is 9.30. The van der Waals surface area contributed by atoms with Crippen LogP contribution in [0.1, 0.15) is 5.69 Å². The average Bonchev–Trinajstić information content (AvgIpc) is 2.62. The van der Waals surface area contributed by atoms with Crippen molar-refractivity contribution in [2.24, 2.45) is 0 Å². The minimum atomic E-state index is -0.729. The van der Waals surface area contributed by atoms with E-state index in [2.05, 4.69) is 10.3 Å². The molecule has 0 saturated heterocycles. The second kappa shape index (κ2) is 4.55. The third-order valence-electron chi connectivity index (χ3n) is 2.62. The predicted molar refractivity (Wildman–Crippen MR) is 64.6 cm³/mol. The van der Waals surface area contributed by atoms with Gasteiger partial charge in [-0.15, -0.1) is 0 Å². The van der Waals surface area contributed by atoms with Crippen LogP contribution in [0.15, 0.2) is 24.3 Å². The molecule has 4 heteroatoms. The lowest BCUT2D eigenvalue weighted by Gasteiger charge is -2.10. The van der Waals surface area contributed by atoms with Crippen molar-refractivity contribution in [2.75, 3.05) is 18.5 Å². The zero-order valence-electron chi connectivity index (χ0n) is 9.20. The highest BCUT2D eigenvalue weighted by Crippen LogP contribution is 2.26. The standard InChI is InChI=1S/C12H16N2O2/c1-8-12(13-6-9(16)7-15)10-4-2-3-5-11(10)14-8/h2-5,9,13-16H,6-7H2,1H3. The molecule has 0 fully saturated rings. The smallest absolute Gasteiger partial charge is 0.0942 e. The number of aromatic nitrogens is 1. The van der Waals surface area contributed by atoms with Gasteiger partial charge in [-0.1, -0.05) is 18.2 Å². The Morgan fingerprint density at radius 3 is 2.88 bits per heavy atom. The first kappa shape index (κ1) is 11.0. The molecule has 2 aromatic rings. The van der Waals surface area contributed by atoms with Gasteiger partial charge in [-0.05, 0) is 13.0 Å². The fourth-order valence-electron chi connectivity index (χ4n) is 1.79. The Bertz CT molecular complexity index is 479. The molecular formula is C12H16N2O2. The summed E-state index contributed by atoms with van der Waals surface area (Å²) in [6.07, 6.45) is -0.729. The van der Waals surface area contributed by atoms with Crippen molar-refractivity contribution in [1.82, 2.24) is 4.98 Å². The van der Waals surface area contributed by atoms with Gasteiger partial charge >= 0.3 is 0 Å². The number of aliphatic hydroxyl groups excluding tert-OH is 2. The fraction of sp³-hybridized carbons (Fsp3) is 0.333. The summed E-state index contributed by atoms with van der Waals surface area (Å²) in [5.41, 5.74) is 3.09. The van der Waals surface area contributed by atoms with Gasteiger partial charge in [0.1, 0.15) is 0 Å². The maximum Gasteiger partial charge on any atom is 0.0942 e. The molecule has 0 aliphatic rings. The van der Waals surface area contributed by atoms with Gasteiger partial charge in [0.15, 0.2) is 0 Å². The SMILES string of the molecule is Cc1[nH]c2ccccc2c1NCC(O)CO. The Balaban J connectivity index is 2.26. The first-order valence-corrected chi connectivity index (χ1v) is 5.32. The first-order chi connectivity index (χ1) is 7.72. The van der Waals surface area contributed by atoms with Gasteiger partial charge < -0.3 is 20.5 Å². The monoisotopic (exact) mass is 220 g/mol. The molecule has 0 amide bonds. The van der Waals surface area contributed by atoms with E-state index in [0.29, 0.717) is 6.54 Å². The molecule has 4 N–H and O–H groups in total. The number of benzene rings is 1. The van der Waals surface area contributed by atoms with Gasteiger partial charge in [-0.2, -0.15) is 0 Å². The number of fused-ring (bicyclic) bond motifs is 1. The summed E-state index contributed by atoms with van der Waals surface area (Å²) in [5.74, 6) is 0. The van der Waals surface area contributed by atoms with Crippen molar-refractivity contribution in [3.63, 3.8) is 0 Å². The summed E-state index contributed by atoms with van der Waals surface area (Å²) in [5, 5.41) is 22.3. The lowest BCUT2D eigenvalue weighted by atomic mass is 10.2. The summed E-state index contributed by atoms with van der Waals surface area (Å²) >= 11 is 0. The van der Waals surface area contributed by atoms with Crippen LogP contribution in [-0.2, 0) is 0 Å². The zero-order valence-corrected chi connectivity index (χ0v) is 9.20. The number of aryl methyl sites for hydroxylation is 1. The van der Waals surface area contributed by atoms with Crippen LogP contribution < -0.4 is 5.32 Å². The number of hydrogen-bond acceptors (Lipinski definition) is 3. The summed E-state index contributed by atoms with van der Waals surface area (Å²) in [7, 11) is 0. The number of hydrogen-bond donors (Lipinski definition) is 4. The van der Waals surface area contributed by atoms with E-state index in [1.807, 2.05) is 31.2 Å². The van der Waals surface area contributed by atoms with Crippen molar-refractivity contribution in [3.05, 3.63) is 30.0 Å².